The first-order valence-electron chi connectivity index (χ1n) is 9.20. The van der Waals surface area contributed by atoms with Gasteiger partial charge in [-0.05, 0) is 51.0 Å². The number of nitrogens with zero attached hydrogens (tertiary/aromatic N) is 2. The molecule has 1 aromatic carbocycles. The standard InChI is InChI=1S/C19H24N4O2S2/c1-12(24)14-8-10-16(11-9-14)20-17(25)13(2)26-19-23-22-18(27-19)21-15-6-4-3-5-7-15/h8-11,13,15H,3-7H2,1-2H3,(H,20,25)(H,21,22). The fraction of sp³-hybridized carbons (Fsp3) is 0.474. The van der Waals surface area contributed by atoms with Gasteiger partial charge < -0.3 is 10.6 Å². The number of carbonyl (C=O) groups is 2. The van der Waals surface area contributed by atoms with Crippen molar-refractivity contribution < 1.29 is 9.59 Å². The number of amides is 1. The topological polar surface area (TPSA) is 84.0 Å². The van der Waals surface area contributed by atoms with Crippen LogP contribution in [-0.2, 0) is 4.79 Å². The van der Waals surface area contributed by atoms with E-state index >= 15 is 0 Å². The van der Waals surface area contributed by atoms with E-state index in [0.29, 0.717) is 17.3 Å². The van der Waals surface area contributed by atoms with Crippen molar-refractivity contribution in [2.45, 2.75) is 61.6 Å². The lowest BCUT2D eigenvalue weighted by molar-refractivity contribution is -0.115. The minimum absolute atomic E-state index is 0.00529. The van der Waals surface area contributed by atoms with Crippen molar-refractivity contribution in [3.8, 4) is 0 Å². The number of hydrogen-bond donors (Lipinski definition) is 2. The van der Waals surface area contributed by atoms with Crippen LogP contribution in [0.3, 0.4) is 0 Å². The lowest BCUT2D eigenvalue weighted by atomic mass is 9.96. The van der Waals surface area contributed by atoms with E-state index in [1.807, 2.05) is 6.92 Å². The molecule has 1 atom stereocenters. The van der Waals surface area contributed by atoms with Gasteiger partial charge in [-0.15, -0.1) is 10.2 Å². The Morgan fingerprint density at radius 1 is 1.15 bits per heavy atom. The molecule has 1 aromatic heterocycles. The van der Waals surface area contributed by atoms with E-state index in [4.69, 9.17) is 0 Å². The van der Waals surface area contributed by atoms with Crippen LogP contribution in [-0.4, -0.2) is 33.2 Å². The summed E-state index contributed by atoms with van der Waals surface area (Å²) >= 11 is 2.90. The lowest BCUT2D eigenvalue weighted by Gasteiger charge is -2.21. The van der Waals surface area contributed by atoms with Crippen molar-refractivity contribution in [1.82, 2.24) is 10.2 Å². The molecular weight excluding hydrogens is 380 g/mol. The van der Waals surface area contributed by atoms with Crippen LogP contribution in [0.4, 0.5) is 10.8 Å². The van der Waals surface area contributed by atoms with E-state index in [2.05, 4.69) is 20.8 Å². The summed E-state index contributed by atoms with van der Waals surface area (Å²) < 4.78 is 0.780. The van der Waals surface area contributed by atoms with Crippen molar-refractivity contribution in [2.24, 2.45) is 0 Å². The molecule has 1 fully saturated rings. The second kappa shape index (κ2) is 9.32. The maximum atomic E-state index is 12.4. The molecule has 1 aliphatic carbocycles. The average molecular weight is 405 g/mol. The Morgan fingerprint density at radius 3 is 2.52 bits per heavy atom. The third-order valence-corrected chi connectivity index (χ3v) is 6.58. The number of hydrogen-bond acceptors (Lipinski definition) is 7. The van der Waals surface area contributed by atoms with E-state index in [-0.39, 0.29) is 16.9 Å². The number of carbonyl (C=O) groups excluding carboxylic acids is 2. The highest BCUT2D eigenvalue weighted by Crippen LogP contribution is 2.31. The van der Waals surface area contributed by atoms with Gasteiger partial charge in [0.05, 0.1) is 5.25 Å². The van der Waals surface area contributed by atoms with Gasteiger partial charge in [-0.3, -0.25) is 9.59 Å². The predicted octanol–water partition coefficient (Wildman–Crippen LogP) is 4.60. The third kappa shape index (κ3) is 5.77. The first kappa shape index (κ1) is 19.8. The summed E-state index contributed by atoms with van der Waals surface area (Å²) in [6, 6.07) is 7.39. The molecule has 1 amide bonds. The SMILES string of the molecule is CC(=O)c1ccc(NC(=O)C(C)Sc2nnc(NC3CCCCC3)s2)cc1. The quantitative estimate of drug-likeness (QED) is 0.518. The molecule has 0 spiro atoms. The van der Waals surface area contributed by atoms with Crippen LogP contribution >= 0.6 is 23.1 Å². The Hall–Kier alpha value is -1.93. The molecule has 1 aliphatic rings. The summed E-state index contributed by atoms with van der Waals surface area (Å²) in [5.41, 5.74) is 1.30. The van der Waals surface area contributed by atoms with Crippen molar-refractivity contribution in [3.05, 3.63) is 29.8 Å². The van der Waals surface area contributed by atoms with Crippen LogP contribution in [0.15, 0.2) is 28.6 Å². The van der Waals surface area contributed by atoms with Gasteiger partial charge in [0.1, 0.15) is 0 Å². The Labute approximate surface area is 167 Å². The smallest absolute Gasteiger partial charge is 0.237 e. The molecule has 8 heteroatoms. The fourth-order valence-corrected chi connectivity index (χ4v) is 4.95. The van der Waals surface area contributed by atoms with E-state index < -0.39 is 0 Å². The second-order valence-electron chi connectivity index (χ2n) is 6.74. The number of aromatic nitrogens is 2. The van der Waals surface area contributed by atoms with Crippen molar-refractivity contribution in [1.29, 1.82) is 0 Å². The molecule has 0 aliphatic heterocycles. The monoisotopic (exact) mass is 404 g/mol. The maximum Gasteiger partial charge on any atom is 0.237 e. The zero-order chi connectivity index (χ0) is 19.2. The van der Waals surface area contributed by atoms with Crippen LogP contribution in [0.2, 0.25) is 0 Å². The summed E-state index contributed by atoms with van der Waals surface area (Å²) in [6.07, 6.45) is 6.22. The zero-order valence-electron chi connectivity index (χ0n) is 15.5. The van der Waals surface area contributed by atoms with Gasteiger partial charge in [0.25, 0.3) is 0 Å². The van der Waals surface area contributed by atoms with Crippen LogP contribution in [0.5, 0.6) is 0 Å². The molecule has 1 unspecified atom stereocenters. The Balaban J connectivity index is 1.51. The second-order valence-corrected chi connectivity index (χ2v) is 9.30. The summed E-state index contributed by atoms with van der Waals surface area (Å²) in [5, 5.41) is 15.3. The van der Waals surface area contributed by atoms with Crippen molar-refractivity contribution in [3.63, 3.8) is 0 Å². The number of thioether (sulfide) groups is 1. The molecule has 2 aromatic rings. The van der Waals surface area contributed by atoms with Crippen LogP contribution in [0.1, 0.15) is 56.3 Å². The van der Waals surface area contributed by atoms with Crippen LogP contribution in [0, 0.1) is 0 Å². The summed E-state index contributed by atoms with van der Waals surface area (Å²) in [4.78, 5) is 23.7. The summed E-state index contributed by atoms with van der Waals surface area (Å²) in [7, 11) is 0. The molecule has 0 saturated heterocycles. The number of nitrogens with one attached hydrogen (secondary N) is 2. The maximum absolute atomic E-state index is 12.4. The van der Waals surface area contributed by atoms with E-state index in [1.165, 1.54) is 62.1 Å². The highest BCUT2D eigenvalue weighted by Gasteiger charge is 2.19. The largest absolute Gasteiger partial charge is 0.357 e. The molecule has 0 radical (unpaired) electrons. The van der Waals surface area contributed by atoms with Gasteiger partial charge in [0.2, 0.25) is 11.0 Å². The van der Waals surface area contributed by atoms with Crippen molar-refractivity contribution in [2.75, 3.05) is 10.6 Å². The number of rotatable bonds is 7. The van der Waals surface area contributed by atoms with E-state index in [0.717, 1.165) is 9.47 Å². The highest BCUT2D eigenvalue weighted by molar-refractivity contribution is 8.02. The molecule has 3 rings (SSSR count). The number of benzene rings is 1. The molecule has 27 heavy (non-hydrogen) atoms. The minimum atomic E-state index is -0.298. The van der Waals surface area contributed by atoms with Gasteiger partial charge in [-0.1, -0.05) is 42.4 Å². The first-order chi connectivity index (χ1) is 13.0. The highest BCUT2D eigenvalue weighted by atomic mass is 32.2. The first-order valence-corrected chi connectivity index (χ1v) is 10.9. The lowest BCUT2D eigenvalue weighted by Crippen LogP contribution is -2.22. The Kier molecular flexibility index (Phi) is 6.84. The van der Waals surface area contributed by atoms with Crippen LogP contribution in [0.25, 0.3) is 0 Å². The number of anilines is 2. The third-order valence-electron chi connectivity index (χ3n) is 4.55. The minimum Gasteiger partial charge on any atom is -0.357 e. The fourth-order valence-electron chi connectivity index (χ4n) is 2.97. The van der Waals surface area contributed by atoms with E-state index in [1.54, 1.807) is 24.3 Å². The molecule has 144 valence electrons. The molecule has 1 heterocycles. The molecule has 1 saturated carbocycles. The van der Waals surface area contributed by atoms with Gasteiger partial charge in [0.15, 0.2) is 10.1 Å². The van der Waals surface area contributed by atoms with Crippen molar-refractivity contribution >= 4 is 45.6 Å². The molecular formula is C19H24N4O2S2. The van der Waals surface area contributed by atoms with Crippen LogP contribution < -0.4 is 10.6 Å². The summed E-state index contributed by atoms with van der Waals surface area (Å²) in [5.74, 6) is -0.0988. The van der Waals surface area contributed by atoms with Gasteiger partial charge >= 0.3 is 0 Å². The average Bonchev–Trinajstić information content (AvgIpc) is 3.09. The molecule has 2 N–H and O–H groups in total. The van der Waals surface area contributed by atoms with Gasteiger partial charge in [0, 0.05) is 17.3 Å². The normalized spacial score (nSPS) is 15.9. The molecule has 0 bridgehead atoms. The van der Waals surface area contributed by atoms with E-state index in [9.17, 15) is 9.59 Å². The summed E-state index contributed by atoms with van der Waals surface area (Å²) in [6.45, 7) is 3.37. The Morgan fingerprint density at radius 2 is 1.85 bits per heavy atom. The van der Waals surface area contributed by atoms with Gasteiger partial charge in [-0.2, -0.15) is 0 Å². The predicted molar refractivity (Wildman–Crippen MR) is 111 cm³/mol. The number of Topliss-reactive ketones (excluding diaryl/α,β-unsaturated/α-hetero) is 1. The van der Waals surface area contributed by atoms with Gasteiger partial charge in [-0.25, -0.2) is 0 Å². The zero-order valence-corrected chi connectivity index (χ0v) is 17.2. The Bertz CT molecular complexity index is 785. The molecule has 6 nitrogen and oxygen atoms in total. The number of ketones is 1.